The molecule has 1 rings (SSSR count). The average molecular weight is 273 g/mol. The minimum atomic E-state index is -1.17. The summed E-state index contributed by atoms with van der Waals surface area (Å²) in [5.74, 6) is -3.39. The van der Waals surface area contributed by atoms with Crippen LogP contribution in [-0.2, 0) is 16.0 Å². The van der Waals surface area contributed by atoms with E-state index >= 15 is 0 Å². The van der Waals surface area contributed by atoms with Crippen molar-refractivity contribution in [2.45, 2.75) is 19.8 Å². The van der Waals surface area contributed by atoms with Gasteiger partial charge >= 0.3 is 11.9 Å². The smallest absolute Gasteiger partial charge is 0.307 e. The van der Waals surface area contributed by atoms with Crippen LogP contribution in [0.3, 0.4) is 0 Å². The van der Waals surface area contributed by atoms with Gasteiger partial charge in [0.25, 0.3) is 0 Å². The summed E-state index contributed by atoms with van der Waals surface area (Å²) < 4.78 is 0. The maximum atomic E-state index is 10.9. The van der Waals surface area contributed by atoms with Crippen molar-refractivity contribution >= 4 is 23.5 Å². The summed E-state index contributed by atoms with van der Waals surface area (Å²) in [4.78, 5) is 21.5. The predicted octanol–water partition coefficient (Wildman–Crippen LogP) is 2.07. The molecule has 98 valence electrons. The van der Waals surface area contributed by atoms with Crippen LogP contribution in [0.5, 0.6) is 5.75 Å². The van der Waals surface area contributed by atoms with E-state index in [1.165, 1.54) is 6.07 Å². The van der Waals surface area contributed by atoms with Gasteiger partial charge in [-0.3, -0.25) is 9.59 Å². The van der Waals surface area contributed by atoms with E-state index in [9.17, 15) is 14.7 Å². The number of aliphatic carboxylic acids is 2. The van der Waals surface area contributed by atoms with E-state index in [2.05, 4.69) is 0 Å². The number of carbonyl (C=O) groups is 2. The lowest BCUT2D eigenvalue weighted by molar-refractivity contribution is -0.148. The molecule has 0 spiro atoms. The minimum absolute atomic E-state index is 0.0504. The highest BCUT2D eigenvalue weighted by Gasteiger charge is 2.22. The van der Waals surface area contributed by atoms with Crippen LogP contribution in [-0.4, -0.2) is 27.3 Å². The zero-order valence-corrected chi connectivity index (χ0v) is 10.4. The first kappa shape index (κ1) is 14.3. The monoisotopic (exact) mass is 272 g/mol. The van der Waals surface area contributed by atoms with Gasteiger partial charge < -0.3 is 15.3 Å². The molecule has 1 aromatic rings. The Hall–Kier alpha value is -1.75. The second-order valence-corrected chi connectivity index (χ2v) is 4.49. The van der Waals surface area contributed by atoms with Crippen molar-refractivity contribution in [2.24, 2.45) is 5.92 Å². The molecule has 3 N–H and O–H groups in total. The summed E-state index contributed by atoms with van der Waals surface area (Å²) >= 11 is 5.77. The molecule has 0 saturated carbocycles. The van der Waals surface area contributed by atoms with Crippen molar-refractivity contribution in [3.05, 3.63) is 28.3 Å². The zero-order chi connectivity index (χ0) is 13.9. The predicted molar refractivity (Wildman–Crippen MR) is 64.9 cm³/mol. The van der Waals surface area contributed by atoms with E-state index in [0.29, 0.717) is 11.1 Å². The van der Waals surface area contributed by atoms with Crippen molar-refractivity contribution in [3.8, 4) is 5.75 Å². The highest BCUT2D eigenvalue weighted by molar-refractivity contribution is 6.32. The molecule has 0 heterocycles. The SMILES string of the molecule is Cc1cc(C[C@@H](CC(=O)O)C(=O)O)cc(Cl)c1O. The van der Waals surface area contributed by atoms with Crippen molar-refractivity contribution in [1.82, 2.24) is 0 Å². The zero-order valence-electron chi connectivity index (χ0n) is 9.68. The van der Waals surface area contributed by atoms with E-state index < -0.39 is 24.3 Å². The fraction of sp³-hybridized carbons (Fsp3) is 0.333. The van der Waals surface area contributed by atoms with Crippen LogP contribution in [0.25, 0.3) is 0 Å². The van der Waals surface area contributed by atoms with Crippen LogP contribution in [0, 0.1) is 12.8 Å². The van der Waals surface area contributed by atoms with Crippen molar-refractivity contribution in [1.29, 1.82) is 0 Å². The number of benzene rings is 1. The highest BCUT2D eigenvalue weighted by atomic mass is 35.5. The summed E-state index contributed by atoms with van der Waals surface area (Å²) in [6, 6.07) is 3.04. The van der Waals surface area contributed by atoms with Gasteiger partial charge in [-0.1, -0.05) is 17.7 Å². The number of rotatable bonds is 5. The molecule has 0 aromatic heterocycles. The third kappa shape index (κ3) is 3.63. The molecule has 0 fully saturated rings. The largest absolute Gasteiger partial charge is 0.506 e. The number of hydrogen-bond donors (Lipinski definition) is 3. The fourth-order valence-corrected chi connectivity index (χ4v) is 1.96. The summed E-state index contributed by atoms with van der Waals surface area (Å²) in [6.07, 6.45) is -0.394. The summed E-state index contributed by atoms with van der Waals surface area (Å²) in [6.45, 7) is 1.64. The lowest BCUT2D eigenvalue weighted by atomic mass is 9.95. The molecule has 0 amide bonds. The van der Waals surface area contributed by atoms with Crippen LogP contribution < -0.4 is 0 Å². The highest BCUT2D eigenvalue weighted by Crippen LogP contribution is 2.29. The molecular weight excluding hydrogens is 260 g/mol. The molecule has 6 heteroatoms. The number of phenols is 1. The molecule has 0 aliphatic heterocycles. The Labute approximate surface area is 109 Å². The van der Waals surface area contributed by atoms with Gasteiger partial charge in [-0.2, -0.15) is 0 Å². The van der Waals surface area contributed by atoms with E-state index in [1.54, 1.807) is 13.0 Å². The Balaban J connectivity index is 2.94. The third-order valence-electron chi connectivity index (χ3n) is 2.57. The first-order valence-corrected chi connectivity index (χ1v) is 5.61. The van der Waals surface area contributed by atoms with Crippen LogP contribution in [0.2, 0.25) is 5.02 Å². The molecule has 0 unspecified atom stereocenters. The van der Waals surface area contributed by atoms with E-state index in [0.717, 1.165) is 0 Å². The molecule has 0 aliphatic carbocycles. The Morgan fingerprint density at radius 3 is 2.39 bits per heavy atom. The van der Waals surface area contributed by atoms with Gasteiger partial charge in [0.05, 0.1) is 17.4 Å². The summed E-state index contributed by atoms with van der Waals surface area (Å²) in [5.41, 5.74) is 1.11. The number of hydrogen-bond acceptors (Lipinski definition) is 3. The van der Waals surface area contributed by atoms with Crippen LogP contribution in [0.15, 0.2) is 12.1 Å². The maximum absolute atomic E-state index is 10.9. The van der Waals surface area contributed by atoms with Gasteiger partial charge in [-0.05, 0) is 30.5 Å². The van der Waals surface area contributed by atoms with E-state index in [-0.39, 0.29) is 17.2 Å². The summed E-state index contributed by atoms with van der Waals surface area (Å²) in [5, 5.41) is 27.2. The van der Waals surface area contributed by atoms with Gasteiger partial charge in [-0.25, -0.2) is 0 Å². The maximum Gasteiger partial charge on any atom is 0.307 e. The van der Waals surface area contributed by atoms with Crippen LogP contribution in [0.1, 0.15) is 17.5 Å². The van der Waals surface area contributed by atoms with E-state index in [1.807, 2.05) is 0 Å². The second-order valence-electron chi connectivity index (χ2n) is 4.08. The quantitative estimate of drug-likeness (QED) is 0.763. The number of halogens is 1. The van der Waals surface area contributed by atoms with Crippen LogP contribution >= 0.6 is 11.6 Å². The first-order chi connectivity index (χ1) is 8.31. The standard InChI is InChI=1S/C12H13ClO5/c1-6-2-7(4-9(13)11(6)16)3-8(12(17)18)5-10(14)15/h2,4,8,16H,3,5H2,1H3,(H,14,15)(H,17,18)/t8-/m0/s1. The van der Waals surface area contributed by atoms with Crippen molar-refractivity contribution in [2.75, 3.05) is 0 Å². The molecule has 5 nitrogen and oxygen atoms in total. The fourth-order valence-electron chi connectivity index (χ4n) is 1.67. The van der Waals surface area contributed by atoms with Gasteiger partial charge in [-0.15, -0.1) is 0 Å². The molecule has 1 atom stereocenters. The first-order valence-electron chi connectivity index (χ1n) is 5.24. The van der Waals surface area contributed by atoms with Gasteiger partial charge in [0, 0.05) is 0 Å². The normalized spacial score (nSPS) is 12.1. The van der Waals surface area contributed by atoms with Gasteiger partial charge in [0.15, 0.2) is 0 Å². The number of phenolic OH excluding ortho intramolecular Hbond substituents is 1. The molecule has 1 aromatic carbocycles. The topological polar surface area (TPSA) is 94.8 Å². The number of aryl methyl sites for hydroxylation is 1. The molecule has 18 heavy (non-hydrogen) atoms. The molecular formula is C12H13ClO5. The average Bonchev–Trinajstić information content (AvgIpc) is 2.24. The second kappa shape index (κ2) is 5.73. The Bertz CT molecular complexity index is 460. The molecule has 0 bridgehead atoms. The molecule has 0 radical (unpaired) electrons. The lowest BCUT2D eigenvalue weighted by Crippen LogP contribution is -2.20. The Kier molecular flexibility index (Phi) is 4.55. The summed E-state index contributed by atoms with van der Waals surface area (Å²) in [7, 11) is 0. The van der Waals surface area contributed by atoms with E-state index in [4.69, 9.17) is 21.8 Å². The molecule has 0 aliphatic rings. The van der Waals surface area contributed by atoms with Crippen molar-refractivity contribution in [3.63, 3.8) is 0 Å². The van der Waals surface area contributed by atoms with Gasteiger partial charge in [0.2, 0.25) is 0 Å². The lowest BCUT2D eigenvalue weighted by Gasteiger charge is -2.11. The third-order valence-corrected chi connectivity index (χ3v) is 2.85. The number of carboxylic acids is 2. The Morgan fingerprint density at radius 1 is 1.33 bits per heavy atom. The number of carboxylic acid groups (broad SMARTS) is 2. The van der Waals surface area contributed by atoms with Gasteiger partial charge in [0.1, 0.15) is 5.75 Å². The Morgan fingerprint density at radius 2 is 1.94 bits per heavy atom. The van der Waals surface area contributed by atoms with Crippen LogP contribution in [0.4, 0.5) is 0 Å². The van der Waals surface area contributed by atoms with Crippen molar-refractivity contribution < 1.29 is 24.9 Å². The molecule has 0 saturated heterocycles. The minimum Gasteiger partial charge on any atom is -0.506 e. The number of aromatic hydroxyl groups is 1.